The Kier molecular flexibility index (Phi) is 1.63. The van der Waals surface area contributed by atoms with Gasteiger partial charge in [-0.2, -0.15) is 13.2 Å². The molecule has 12 heavy (non-hydrogen) atoms. The standard InChI is InChI=1S/C7H10F3NO/c8-7(9,10)6(12)5-4-1-3(4)2-11-5/h3-6,11-12H,1-2H2/t3?,4?,5-,6?/m1/s1. The lowest BCUT2D eigenvalue weighted by atomic mass is 10.1. The normalized spacial score (nSPS) is 42.5. The molecule has 0 spiro atoms. The van der Waals surface area contributed by atoms with Crippen molar-refractivity contribution in [2.75, 3.05) is 6.54 Å². The van der Waals surface area contributed by atoms with E-state index in [1.54, 1.807) is 0 Å². The maximum Gasteiger partial charge on any atom is 0.415 e. The molecule has 0 aromatic heterocycles. The maximum absolute atomic E-state index is 12.0. The second-order valence-corrected chi connectivity index (χ2v) is 3.58. The molecule has 2 nitrogen and oxygen atoms in total. The van der Waals surface area contributed by atoms with Gasteiger partial charge in [-0.1, -0.05) is 0 Å². The van der Waals surface area contributed by atoms with Crippen LogP contribution in [0.5, 0.6) is 0 Å². The lowest BCUT2D eigenvalue weighted by Gasteiger charge is -2.22. The Balaban J connectivity index is 2.00. The molecule has 0 bridgehead atoms. The lowest BCUT2D eigenvalue weighted by molar-refractivity contribution is -0.212. The molecule has 0 aromatic rings. The summed E-state index contributed by atoms with van der Waals surface area (Å²) in [6, 6.07) is -0.755. The fraction of sp³-hybridized carbons (Fsp3) is 1.00. The number of rotatable bonds is 1. The van der Waals surface area contributed by atoms with E-state index in [4.69, 9.17) is 5.11 Å². The number of alkyl halides is 3. The van der Waals surface area contributed by atoms with Gasteiger partial charge in [0, 0.05) is 6.04 Å². The fourth-order valence-corrected chi connectivity index (χ4v) is 1.93. The molecular weight excluding hydrogens is 171 g/mol. The van der Waals surface area contributed by atoms with Gasteiger partial charge in [0.15, 0.2) is 6.10 Å². The number of aliphatic hydroxyl groups is 1. The second-order valence-electron chi connectivity index (χ2n) is 3.58. The van der Waals surface area contributed by atoms with Crippen LogP contribution in [-0.2, 0) is 0 Å². The number of piperidine rings is 1. The van der Waals surface area contributed by atoms with E-state index in [9.17, 15) is 13.2 Å². The van der Waals surface area contributed by atoms with Crippen LogP contribution in [0.3, 0.4) is 0 Å². The van der Waals surface area contributed by atoms with E-state index in [1.165, 1.54) is 0 Å². The summed E-state index contributed by atoms with van der Waals surface area (Å²) >= 11 is 0. The number of hydrogen-bond donors (Lipinski definition) is 2. The molecule has 1 saturated carbocycles. The first-order valence-corrected chi connectivity index (χ1v) is 3.98. The number of aliphatic hydroxyl groups excluding tert-OH is 1. The van der Waals surface area contributed by atoms with E-state index in [2.05, 4.69) is 5.32 Å². The Morgan fingerprint density at radius 1 is 1.42 bits per heavy atom. The van der Waals surface area contributed by atoms with Crippen molar-refractivity contribution in [3.05, 3.63) is 0 Å². The van der Waals surface area contributed by atoms with Gasteiger partial charge in [0.2, 0.25) is 0 Å². The average Bonchev–Trinajstić information content (AvgIpc) is 2.61. The molecule has 0 radical (unpaired) electrons. The first-order chi connectivity index (χ1) is 5.50. The van der Waals surface area contributed by atoms with Crippen molar-refractivity contribution in [2.45, 2.75) is 24.7 Å². The zero-order chi connectivity index (χ0) is 8.93. The molecule has 3 unspecified atom stereocenters. The summed E-state index contributed by atoms with van der Waals surface area (Å²) in [4.78, 5) is 0. The van der Waals surface area contributed by atoms with Crippen molar-refractivity contribution in [1.82, 2.24) is 5.32 Å². The van der Waals surface area contributed by atoms with Crippen LogP contribution in [0, 0.1) is 11.8 Å². The van der Waals surface area contributed by atoms with Crippen LogP contribution < -0.4 is 5.32 Å². The predicted molar refractivity (Wildman–Crippen MR) is 35.4 cm³/mol. The Morgan fingerprint density at radius 2 is 2.08 bits per heavy atom. The second kappa shape index (κ2) is 2.35. The maximum atomic E-state index is 12.0. The third-order valence-electron chi connectivity index (χ3n) is 2.73. The molecule has 0 amide bonds. The molecular formula is C7H10F3NO. The highest BCUT2D eigenvalue weighted by molar-refractivity contribution is 5.06. The van der Waals surface area contributed by atoms with Crippen LogP contribution in [0.1, 0.15) is 6.42 Å². The van der Waals surface area contributed by atoms with Gasteiger partial charge in [-0.25, -0.2) is 0 Å². The van der Waals surface area contributed by atoms with Crippen molar-refractivity contribution in [2.24, 2.45) is 11.8 Å². The van der Waals surface area contributed by atoms with Crippen LogP contribution in [0.4, 0.5) is 13.2 Å². The van der Waals surface area contributed by atoms with E-state index in [-0.39, 0.29) is 5.92 Å². The number of halogens is 3. The smallest absolute Gasteiger partial charge is 0.382 e. The molecule has 1 saturated heterocycles. The minimum atomic E-state index is -4.48. The van der Waals surface area contributed by atoms with E-state index >= 15 is 0 Å². The number of nitrogens with one attached hydrogen (secondary N) is 1. The molecule has 1 aliphatic carbocycles. The third kappa shape index (κ3) is 1.21. The number of hydrogen-bond acceptors (Lipinski definition) is 2. The average molecular weight is 181 g/mol. The summed E-state index contributed by atoms with van der Waals surface area (Å²) in [7, 11) is 0. The first kappa shape index (κ1) is 8.31. The molecule has 70 valence electrons. The quantitative estimate of drug-likeness (QED) is 0.618. The largest absolute Gasteiger partial charge is 0.415 e. The summed E-state index contributed by atoms with van der Waals surface area (Å²) in [5.74, 6) is 0.439. The summed E-state index contributed by atoms with van der Waals surface area (Å²) in [5.41, 5.74) is 0. The van der Waals surface area contributed by atoms with Gasteiger partial charge in [-0.3, -0.25) is 0 Å². The first-order valence-electron chi connectivity index (χ1n) is 3.98. The van der Waals surface area contributed by atoms with Crippen molar-refractivity contribution in [1.29, 1.82) is 0 Å². The van der Waals surface area contributed by atoms with E-state index in [0.717, 1.165) is 6.42 Å². The Hall–Kier alpha value is -0.290. The van der Waals surface area contributed by atoms with Crippen molar-refractivity contribution in [3.8, 4) is 0 Å². The summed E-state index contributed by atoms with van der Waals surface area (Å²) in [6.07, 6.45) is -5.82. The molecule has 1 heterocycles. The lowest BCUT2D eigenvalue weighted by Crippen LogP contribution is -2.46. The summed E-state index contributed by atoms with van der Waals surface area (Å²) < 4.78 is 36.0. The monoisotopic (exact) mass is 181 g/mol. The third-order valence-corrected chi connectivity index (χ3v) is 2.73. The fourth-order valence-electron chi connectivity index (χ4n) is 1.93. The molecule has 1 aliphatic heterocycles. The molecule has 2 fully saturated rings. The van der Waals surface area contributed by atoms with Crippen molar-refractivity contribution < 1.29 is 18.3 Å². The zero-order valence-electron chi connectivity index (χ0n) is 6.30. The van der Waals surface area contributed by atoms with Crippen molar-refractivity contribution >= 4 is 0 Å². The highest BCUT2D eigenvalue weighted by atomic mass is 19.4. The van der Waals surface area contributed by atoms with Crippen molar-refractivity contribution in [3.63, 3.8) is 0 Å². The van der Waals surface area contributed by atoms with E-state index < -0.39 is 18.3 Å². The molecule has 5 heteroatoms. The summed E-state index contributed by atoms with van der Waals surface area (Å²) in [5, 5.41) is 11.6. The molecule has 2 rings (SSSR count). The minimum absolute atomic E-state index is 0.0571. The number of fused-ring (bicyclic) bond motifs is 1. The highest BCUT2D eigenvalue weighted by Crippen LogP contribution is 2.47. The van der Waals surface area contributed by atoms with E-state index in [0.29, 0.717) is 12.5 Å². The van der Waals surface area contributed by atoms with Gasteiger partial charge in [0.1, 0.15) is 0 Å². The Labute approximate surface area is 67.8 Å². The molecule has 4 atom stereocenters. The van der Waals surface area contributed by atoms with Gasteiger partial charge in [0.25, 0.3) is 0 Å². The van der Waals surface area contributed by atoms with Gasteiger partial charge < -0.3 is 10.4 Å². The van der Waals surface area contributed by atoms with Crippen LogP contribution in [-0.4, -0.2) is 30.0 Å². The Morgan fingerprint density at radius 3 is 2.42 bits per heavy atom. The van der Waals surface area contributed by atoms with E-state index in [1.807, 2.05) is 0 Å². The van der Waals surface area contributed by atoms with Crippen LogP contribution in [0.15, 0.2) is 0 Å². The summed E-state index contributed by atoms with van der Waals surface area (Å²) in [6.45, 7) is 0.627. The minimum Gasteiger partial charge on any atom is -0.382 e. The Bertz CT molecular complexity index is 194. The molecule has 0 aromatic carbocycles. The van der Waals surface area contributed by atoms with Crippen LogP contribution >= 0.6 is 0 Å². The molecule has 2 aliphatic rings. The SMILES string of the molecule is OC([C@@H]1NCC2CC21)C(F)(F)F. The van der Waals surface area contributed by atoms with Crippen LogP contribution in [0.2, 0.25) is 0 Å². The highest BCUT2D eigenvalue weighted by Gasteiger charge is 2.56. The zero-order valence-corrected chi connectivity index (χ0v) is 6.30. The molecule has 2 N–H and O–H groups in total. The van der Waals surface area contributed by atoms with Gasteiger partial charge in [-0.05, 0) is 24.8 Å². The topological polar surface area (TPSA) is 32.3 Å². The predicted octanol–water partition coefficient (Wildman–Crippen LogP) is 0.517. The van der Waals surface area contributed by atoms with Gasteiger partial charge >= 0.3 is 6.18 Å². The van der Waals surface area contributed by atoms with Gasteiger partial charge in [-0.15, -0.1) is 0 Å². The van der Waals surface area contributed by atoms with Crippen LogP contribution in [0.25, 0.3) is 0 Å². The van der Waals surface area contributed by atoms with Gasteiger partial charge in [0.05, 0.1) is 0 Å².